The van der Waals surface area contributed by atoms with Crippen LogP contribution in [0.15, 0.2) is 58.7 Å². The van der Waals surface area contributed by atoms with Gasteiger partial charge in [0.25, 0.3) is 0 Å². The molecule has 2 N–H and O–H groups in total. The van der Waals surface area contributed by atoms with Crippen molar-refractivity contribution in [3.63, 3.8) is 0 Å². The fraction of sp³-hybridized carbons (Fsp3) is 0.118. The molecule has 8 heteroatoms. The summed E-state index contributed by atoms with van der Waals surface area (Å²) in [5.74, 6) is 1.12. The first-order chi connectivity index (χ1) is 12.1. The van der Waals surface area contributed by atoms with Crippen LogP contribution in [-0.2, 0) is 4.79 Å². The van der Waals surface area contributed by atoms with Crippen molar-refractivity contribution in [2.45, 2.75) is 13.8 Å². The van der Waals surface area contributed by atoms with Crippen molar-refractivity contribution in [2.75, 3.05) is 0 Å². The summed E-state index contributed by atoms with van der Waals surface area (Å²) in [4.78, 5) is 21.4. The molecule has 126 valence electrons. The van der Waals surface area contributed by atoms with Crippen molar-refractivity contribution in [2.24, 2.45) is 10.1 Å². The van der Waals surface area contributed by atoms with Crippen molar-refractivity contribution in [1.82, 2.24) is 25.5 Å². The number of carbonyl (C=O) groups excluding carboxylic acids is 1. The van der Waals surface area contributed by atoms with E-state index in [0.717, 1.165) is 23.1 Å². The molecule has 1 aliphatic heterocycles. The number of H-pyrrole nitrogens is 1. The molecule has 0 fully saturated rings. The molecule has 1 aromatic carbocycles. The number of guanidine groups is 1. The zero-order valence-electron chi connectivity index (χ0n) is 13.9. The summed E-state index contributed by atoms with van der Waals surface area (Å²) in [5, 5.41) is 10.7. The van der Waals surface area contributed by atoms with Gasteiger partial charge < -0.3 is 0 Å². The number of aldehydes is 1. The molecule has 0 amide bonds. The molecule has 0 unspecified atom stereocenters. The van der Waals surface area contributed by atoms with Crippen LogP contribution in [0, 0.1) is 6.92 Å². The van der Waals surface area contributed by atoms with Gasteiger partial charge in [-0.25, -0.2) is 15.4 Å². The Hall–Kier alpha value is -3.55. The quantitative estimate of drug-likeness (QED) is 0.660. The number of aliphatic imine (C=N–C) groups is 1. The Kier molecular flexibility index (Phi) is 4.51. The van der Waals surface area contributed by atoms with Gasteiger partial charge in [-0.2, -0.15) is 10.2 Å². The van der Waals surface area contributed by atoms with Crippen LogP contribution < -0.4 is 5.43 Å². The lowest BCUT2D eigenvalue weighted by molar-refractivity contribution is -0.104. The van der Waals surface area contributed by atoms with Crippen LogP contribution in [0.2, 0.25) is 0 Å². The average molecular weight is 335 g/mol. The second-order valence-electron chi connectivity index (χ2n) is 5.41. The van der Waals surface area contributed by atoms with Gasteiger partial charge in [0.05, 0.1) is 17.6 Å². The van der Waals surface area contributed by atoms with Gasteiger partial charge in [-0.1, -0.05) is 18.7 Å². The molecule has 0 aliphatic carbocycles. The Balaban J connectivity index is 2.05. The van der Waals surface area contributed by atoms with E-state index in [2.05, 4.69) is 37.3 Å². The zero-order chi connectivity index (χ0) is 17.8. The second-order valence-corrected chi connectivity index (χ2v) is 5.41. The highest BCUT2D eigenvalue weighted by Gasteiger charge is 2.19. The van der Waals surface area contributed by atoms with E-state index in [0.29, 0.717) is 23.2 Å². The number of hydrogen-bond acceptors (Lipinski definition) is 5. The molecule has 0 radical (unpaired) electrons. The minimum atomic E-state index is 0.459. The molecule has 3 rings (SSSR count). The van der Waals surface area contributed by atoms with Crippen molar-refractivity contribution < 1.29 is 4.79 Å². The van der Waals surface area contributed by atoms with E-state index in [9.17, 15) is 4.79 Å². The third-order valence-electron chi connectivity index (χ3n) is 3.66. The first kappa shape index (κ1) is 16.3. The van der Waals surface area contributed by atoms with Gasteiger partial charge >= 0.3 is 0 Å². The van der Waals surface area contributed by atoms with Crippen LogP contribution in [0.1, 0.15) is 12.5 Å². The van der Waals surface area contributed by atoms with Crippen molar-refractivity contribution in [1.29, 1.82) is 0 Å². The molecule has 0 saturated heterocycles. The molecule has 1 aromatic heterocycles. The van der Waals surface area contributed by atoms with Gasteiger partial charge in [-0.05, 0) is 31.6 Å². The highest BCUT2D eigenvalue weighted by molar-refractivity contribution is 5.96. The lowest BCUT2D eigenvalue weighted by Crippen LogP contribution is -2.40. The molecule has 1 aliphatic rings. The van der Waals surface area contributed by atoms with E-state index >= 15 is 0 Å². The summed E-state index contributed by atoms with van der Waals surface area (Å²) >= 11 is 0. The number of benzene rings is 1. The number of nitrogens with one attached hydrogen (secondary N) is 2. The average Bonchev–Trinajstić information content (AvgIpc) is 3.11. The van der Waals surface area contributed by atoms with E-state index in [4.69, 9.17) is 0 Å². The number of nitrogens with zero attached hydrogens (tertiary/aromatic N) is 5. The first-order valence-electron chi connectivity index (χ1n) is 7.55. The van der Waals surface area contributed by atoms with Gasteiger partial charge in [0.2, 0.25) is 5.96 Å². The standard InChI is InChI=1S/C17H17N7O/c1-11-4-5-14(16-18-10-20-22-16)8-15(11)21-17-23-19-9-13(3)24(17)12(2)6-7-25/h4-10H,3H2,1-2H3,(H,21,23)(H,18,20,22)/b12-6+. The number of aryl methyl sites for hydroxylation is 1. The SMILES string of the molecule is C=C1C=NNC(=Nc2cc(-c3ncn[nH]3)ccc2C)N1/C(C)=C/C=O. The van der Waals surface area contributed by atoms with Crippen molar-refractivity contribution >= 4 is 24.1 Å². The Bertz CT molecular complexity index is 894. The van der Waals surface area contributed by atoms with Gasteiger partial charge in [0.1, 0.15) is 12.6 Å². The molecular formula is C17H17N7O. The van der Waals surface area contributed by atoms with Crippen LogP contribution >= 0.6 is 0 Å². The van der Waals surface area contributed by atoms with E-state index in [1.54, 1.807) is 18.0 Å². The maximum Gasteiger partial charge on any atom is 0.229 e. The summed E-state index contributed by atoms with van der Waals surface area (Å²) in [5.41, 5.74) is 6.74. The number of hydrogen-bond donors (Lipinski definition) is 2. The van der Waals surface area contributed by atoms with Crippen LogP contribution in [-0.4, -0.2) is 38.5 Å². The smallest absolute Gasteiger partial charge is 0.229 e. The lowest BCUT2D eigenvalue weighted by atomic mass is 10.1. The monoisotopic (exact) mass is 335 g/mol. The molecule has 2 aromatic rings. The summed E-state index contributed by atoms with van der Waals surface area (Å²) < 4.78 is 0. The summed E-state index contributed by atoms with van der Waals surface area (Å²) in [7, 11) is 0. The summed E-state index contributed by atoms with van der Waals surface area (Å²) in [6.07, 6.45) is 5.19. The van der Waals surface area contributed by atoms with E-state index < -0.39 is 0 Å². The predicted octanol–water partition coefficient (Wildman–Crippen LogP) is 2.28. The molecule has 8 nitrogen and oxygen atoms in total. The third kappa shape index (κ3) is 3.37. The van der Waals surface area contributed by atoms with Crippen molar-refractivity contribution in [3.05, 3.63) is 54.1 Å². The first-order valence-corrected chi connectivity index (χ1v) is 7.55. The summed E-state index contributed by atoms with van der Waals surface area (Å²) in [6, 6.07) is 5.80. The number of rotatable bonds is 4. The molecule has 25 heavy (non-hydrogen) atoms. The maximum atomic E-state index is 10.8. The minimum Gasteiger partial charge on any atom is -0.298 e. The van der Waals surface area contributed by atoms with Gasteiger partial charge in [0, 0.05) is 11.3 Å². The Labute approximate surface area is 144 Å². The zero-order valence-corrected chi connectivity index (χ0v) is 13.9. The van der Waals surface area contributed by atoms with E-state index in [-0.39, 0.29) is 0 Å². The normalized spacial score (nSPS) is 16.2. The van der Waals surface area contributed by atoms with Gasteiger partial charge in [-0.15, -0.1) is 0 Å². The molecular weight excluding hydrogens is 318 g/mol. The van der Waals surface area contributed by atoms with E-state index in [1.165, 1.54) is 12.4 Å². The lowest BCUT2D eigenvalue weighted by Gasteiger charge is -2.28. The van der Waals surface area contributed by atoms with Crippen molar-refractivity contribution in [3.8, 4) is 11.4 Å². The van der Waals surface area contributed by atoms with Crippen LogP contribution in [0.3, 0.4) is 0 Å². The van der Waals surface area contributed by atoms with Gasteiger partial charge in [-0.3, -0.25) is 14.8 Å². The molecule has 0 bridgehead atoms. The number of hydrazone groups is 1. The van der Waals surface area contributed by atoms with Gasteiger partial charge in [0.15, 0.2) is 5.82 Å². The fourth-order valence-electron chi connectivity index (χ4n) is 2.39. The molecule has 0 saturated carbocycles. The molecule has 0 atom stereocenters. The molecule has 0 spiro atoms. The largest absolute Gasteiger partial charge is 0.298 e. The highest BCUT2D eigenvalue weighted by atomic mass is 16.1. The van der Waals surface area contributed by atoms with Crippen LogP contribution in [0.25, 0.3) is 11.4 Å². The minimum absolute atomic E-state index is 0.459. The third-order valence-corrected chi connectivity index (χ3v) is 3.66. The predicted molar refractivity (Wildman–Crippen MR) is 96.1 cm³/mol. The Morgan fingerprint density at radius 3 is 2.96 bits per heavy atom. The second kappa shape index (κ2) is 6.91. The molecule has 2 heterocycles. The Morgan fingerprint density at radius 2 is 2.24 bits per heavy atom. The number of aromatic amines is 1. The number of aromatic nitrogens is 3. The van der Waals surface area contributed by atoms with Crippen LogP contribution in [0.5, 0.6) is 0 Å². The van der Waals surface area contributed by atoms with Crippen LogP contribution in [0.4, 0.5) is 5.69 Å². The highest BCUT2D eigenvalue weighted by Crippen LogP contribution is 2.26. The summed E-state index contributed by atoms with van der Waals surface area (Å²) in [6.45, 7) is 7.71. The number of carbonyl (C=O) groups is 1. The fourth-order valence-corrected chi connectivity index (χ4v) is 2.39. The Morgan fingerprint density at radius 1 is 1.40 bits per heavy atom. The maximum absolute atomic E-state index is 10.8. The topological polar surface area (TPSA) is 98.6 Å². The number of allylic oxidation sites excluding steroid dienone is 3. The van der Waals surface area contributed by atoms with E-state index in [1.807, 2.05) is 25.1 Å².